The molecule has 0 unspecified atom stereocenters. The van der Waals surface area contributed by atoms with Crippen LogP contribution in [0.3, 0.4) is 0 Å². The standard InChI is InChI=1S/C18H20N2O3/c19-17-6-5-15(11-16(17)18(21)22)14-3-1-13(2-4-14)12-20-7-9-23-10-8-20/h1-6,11H,7-10,12,19H2,(H,21,22). The van der Waals surface area contributed by atoms with E-state index in [1.807, 2.05) is 18.2 Å². The fraction of sp³-hybridized carbons (Fsp3) is 0.278. The van der Waals surface area contributed by atoms with Crippen LogP contribution in [0.2, 0.25) is 0 Å². The molecule has 0 saturated carbocycles. The van der Waals surface area contributed by atoms with Gasteiger partial charge >= 0.3 is 5.97 Å². The van der Waals surface area contributed by atoms with Gasteiger partial charge in [-0.15, -0.1) is 0 Å². The van der Waals surface area contributed by atoms with E-state index < -0.39 is 5.97 Å². The minimum Gasteiger partial charge on any atom is -0.478 e. The van der Waals surface area contributed by atoms with Crippen LogP contribution < -0.4 is 5.73 Å². The van der Waals surface area contributed by atoms with Gasteiger partial charge in [-0.2, -0.15) is 0 Å². The maximum absolute atomic E-state index is 11.2. The van der Waals surface area contributed by atoms with Crippen LogP contribution in [0.15, 0.2) is 42.5 Å². The Kier molecular flexibility index (Phi) is 4.60. The van der Waals surface area contributed by atoms with E-state index in [-0.39, 0.29) is 11.3 Å². The highest BCUT2D eigenvalue weighted by molar-refractivity contribution is 5.95. The first kappa shape index (κ1) is 15.5. The van der Waals surface area contributed by atoms with Crippen molar-refractivity contribution >= 4 is 11.7 Å². The van der Waals surface area contributed by atoms with Crippen molar-refractivity contribution in [3.05, 3.63) is 53.6 Å². The first-order valence-corrected chi connectivity index (χ1v) is 7.66. The van der Waals surface area contributed by atoms with E-state index in [4.69, 9.17) is 15.6 Å². The number of nitrogens with two attached hydrogens (primary N) is 1. The Balaban J connectivity index is 1.76. The number of rotatable bonds is 4. The molecule has 1 heterocycles. The van der Waals surface area contributed by atoms with E-state index in [0.717, 1.165) is 44.0 Å². The van der Waals surface area contributed by atoms with Crippen LogP contribution in [0.5, 0.6) is 0 Å². The van der Waals surface area contributed by atoms with Crippen LogP contribution >= 0.6 is 0 Å². The quantitative estimate of drug-likeness (QED) is 0.848. The zero-order valence-corrected chi connectivity index (χ0v) is 12.9. The minimum absolute atomic E-state index is 0.139. The highest BCUT2D eigenvalue weighted by Crippen LogP contribution is 2.24. The van der Waals surface area contributed by atoms with E-state index in [2.05, 4.69) is 17.0 Å². The van der Waals surface area contributed by atoms with Gasteiger partial charge in [0.25, 0.3) is 0 Å². The molecule has 0 aromatic heterocycles. The summed E-state index contributed by atoms with van der Waals surface area (Å²) in [6, 6.07) is 13.3. The number of anilines is 1. The third-order valence-electron chi connectivity index (χ3n) is 4.08. The molecule has 2 aromatic carbocycles. The molecule has 1 fully saturated rings. The van der Waals surface area contributed by atoms with Gasteiger partial charge in [0.2, 0.25) is 0 Å². The maximum atomic E-state index is 11.2. The lowest BCUT2D eigenvalue weighted by Crippen LogP contribution is -2.35. The summed E-state index contributed by atoms with van der Waals surface area (Å²) >= 11 is 0. The maximum Gasteiger partial charge on any atom is 0.337 e. The number of nitrogen functional groups attached to an aromatic ring is 1. The zero-order chi connectivity index (χ0) is 16.2. The molecule has 1 aliphatic heterocycles. The lowest BCUT2D eigenvalue weighted by atomic mass is 10.0. The predicted octanol–water partition coefficient (Wildman–Crippen LogP) is 2.47. The van der Waals surface area contributed by atoms with Crippen LogP contribution in [-0.2, 0) is 11.3 Å². The topological polar surface area (TPSA) is 75.8 Å². The molecule has 5 heteroatoms. The molecule has 0 radical (unpaired) electrons. The lowest BCUT2D eigenvalue weighted by molar-refractivity contribution is 0.0342. The number of ether oxygens (including phenoxy) is 1. The van der Waals surface area contributed by atoms with Crippen molar-refractivity contribution in [2.75, 3.05) is 32.0 Å². The first-order chi connectivity index (χ1) is 11.1. The molecule has 3 rings (SSSR count). The van der Waals surface area contributed by atoms with Crippen LogP contribution in [0.1, 0.15) is 15.9 Å². The highest BCUT2D eigenvalue weighted by atomic mass is 16.5. The van der Waals surface area contributed by atoms with Crippen molar-refractivity contribution < 1.29 is 14.6 Å². The average molecular weight is 312 g/mol. The summed E-state index contributed by atoms with van der Waals surface area (Å²) < 4.78 is 5.35. The Morgan fingerprint density at radius 3 is 2.39 bits per heavy atom. The molecule has 23 heavy (non-hydrogen) atoms. The second kappa shape index (κ2) is 6.81. The molecule has 1 saturated heterocycles. The number of hydrogen-bond donors (Lipinski definition) is 2. The highest BCUT2D eigenvalue weighted by Gasteiger charge is 2.12. The predicted molar refractivity (Wildman–Crippen MR) is 89.3 cm³/mol. The molecule has 120 valence electrons. The number of aromatic carboxylic acids is 1. The Bertz CT molecular complexity index is 692. The summed E-state index contributed by atoms with van der Waals surface area (Å²) in [5.41, 5.74) is 9.20. The molecular formula is C18H20N2O3. The first-order valence-electron chi connectivity index (χ1n) is 7.66. The molecule has 0 amide bonds. The van der Waals surface area contributed by atoms with Crippen molar-refractivity contribution in [2.45, 2.75) is 6.54 Å². The fourth-order valence-electron chi connectivity index (χ4n) is 2.74. The molecule has 0 spiro atoms. The van der Waals surface area contributed by atoms with Crippen molar-refractivity contribution in [1.82, 2.24) is 4.90 Å². The Labute approximate surface area is 135 Å². The van der Waals surface area contributed by atoms with Crippen LogP contribution in [0, 0.1) is 0 Å². The fourth-order valence-corrected chi connectivity index (χ4v) is 2.74. The summed E-state index contributed by atoms with van der Waals surface area (Å²) in [6.07, 6.45) is 0. The summed E-state index contributed by atoms with van der Waals surface area (Å²) in [5, 5.41) is 9.17. The van der Waals surface area contributed by atoms with Crippen LogP contribution in [0.25, 0.3) is 11.1 Å². The second-order valence-electron chi connectivity index (χ2n) is 5.69. The number of carboxylic acids is 1. The van der Waals surface area contributed by atoms with E-state index >= 15 is 0 Å². The molecule has 0 atom stereocenters. The van der Waals surface area contributed by atoms with E-state index in [0.29, 0.717) is 0 Å². The smallest absolute Gasteiger partial charge is 0.337 e. The molecule has 0 aliphatic carbocycles. The summed E-state index contributed by atoms with van der Waals surface area (Å²) in [6.45, 7) is 4.41. The third kappa shape index (κ3) is 3.70. The van der Waals surface area contributed by atoms with Gasteiger partial charge in [-0.3, -0.25) is 4.90 Å². The van der Waals surface area contributed by atoms with Gasteiger partial charge < -0.3 is 15.6 Å². The largest absolute Gasteiger partial charge is 0.478 e. The summed E-state index contributed by atoms with van der Waals surface area (Å²) in [5.74, 6) is -1.01. The molecule has 0 bridgehead atoms. The van der Waals surface area contributed by atoms with E-state index in [1.54, 1.807) is 12.1 Å². The van der Waals surface area contributed by atoms with Gasteiger partial charge in [-0.05, 0) is 28.8 Å². The van der Waals surface area contributed by atoms with E-state index in [9.17, 15) is 4.79 Å². The SMILES string of the molecule is Nc1ccc(-c2ccc(CN3CCOCC3)cc2)cc1C(=O)O. The number of hydrogen-bond acceptors (Lipinski definition) is 4. The monoisotopic (exact) mass is 312 g/mol. The van der Waals surface area contributed by atoms with Gasteiger partial charge in [0.15, 0.2) is 0 Å². The zero-order valence-electron chi connectivity index (χ0n) is 12.9. The molecule has 2 aromatic rings. The number of carboxylic acid groups (broad SMARTS) is 1. The summed E-state index contributed by atoms with van der Waals surface area (Å²) in [4.78, 5) is 13.6. The van der Waals surface area contributed by atoms with Crippen molar-refractivity contribution in [3.8, 4) is 11.1 Å². The Morgan fingerprint density at radius 2 is 1.74 bits per heavy atom. The molecule has 3 N–H and O–H groups in total. The third-order valence-corrected chi connectivity index (χ3v) is 4.08. The Morgan fingerprint density at radius 1 is 1.09 bits per heavy atom. The van der Waals surface area contributed by atoms with E-state index in [1.165, 1.54) is 5.56 Å². The van der Waals surface area contributed by atoms with Gasteiger partial charge in [0, 0.05) is 25.3 Å². The number of carbonyl (C=O) groups is 1. The van der Waals surface area contributed by atoms with Gasteiger partial charge in [-0.25, -0.2) is 4.79 Å². The van der Waals surface area contributed by atoms with Gasteiger partial charge in [0.05, 0.1) is 18.8 Å². The summed E-state index contributed by atoms with van der Waals surface area (Å²) in [7, 11) is 0. The number of nitrogens with zero attached hydrogens (tertiary/aromatic N) is 1. The van der Waals surface area contributed by atoms with Crippen molar-refractivity contribution in [1.29, 1.82) is 0 Å². The van der Waals surface area contributed by atoms with Gasteiger partial charge in [0.1, 0.15) is 0 Å². The van der Waals surface area contributed by atoms with Crippen LogP contribution in [-0.4, -0.2) is 42.3 Å². The number of benzene rings is 2. The average Bonchev–Trinajstić information content (AvgIpc) is 2.57. The molecular weight excluding hydrogens is 292 g/mol. The second-order valence-corrected chi connectivity index (χ2v) is 5.69. The van der Waals surface area contributed by atoms with Crippen LogP contribution in [0.4, 0.5) is 5.69 Å². The molecule has 1 aliphatic rings. The van der Waals surface area contributed by atoms with Gasteiger partial charge in [-0.1, -0.05) is 30.3 Å². The lowest BCUT2D eigenvalue weighted by Gasteiger charge is -2.26. The van der Waals surface area contributed by atoms with Crippen molar-refractivity contribution in [3.63, 3.8) is 0 Å². The number of morpholine rings is 1. The normalized spacial score (nSPS) is 15.5. The van der Waals surface area contributed by atoms with Crippen molar-refractivity contribution in [2.24, 2.45) is 0 Å². The molecule has 5 nitrogen and oxygen atoms in total. The minimum atomic E-state index is -1.01. The Hall–Kier alpha value is -2.37.